The second-order valence-electron chi connectivity index (χ2n) is 6.18. The van der Waals surface area contributed by atoms with E-state index in [4.69, 9.17) is 4.74 Å². The third-order valence-corrected chi connectivity index (χ3v) is 4.48. The summed E-state index contributed by atoms with van der Waals surface area (Å²) in [5.74, 6) is 0.833. The molecule has 0 aliphatic heterocycles. The van der Waals surface area contributed by atoms with Gasteiger partial charge in [-0.2, -0.15) is 0 Å². The number of likely N-dealkylation sites (N-methyl/N-ethyl adjacent to an activating group) is 1. The largest absolute Gasteiger partial charge is 0.497 e. The van der Waals surface area contributed by atoms with E-state index in [0.717, 1.165) is 27.9 Å². The number of ether oxygens (including phenoxy) is 1. The maximum atomic E-state index is 13.1. The van der Waals surface area contributed by atoms with Crippen LogP contribution in [0.3, 0.4) is 0 Å². The molecular formula is C22H24N2O2. The average molecular weight is 348 g/mol. The zero-order valence-corrected chi connectivity index (χ0v) is 15.4. The zero-order chi connectivity index (χ0) is 18.5. The summed E-state index contributed by atoms with van der Waals surface area (Å²) in [7, 11) is 1.64. The number of carbonyl (C=O) groups is 1. The lowest BCUT2D eigenvalue weighted by molar-refractivity contribution is -0.118. The lowest BCUT2D eigenvalue weighted by Crippen LogP contribution is -2.41. The smallest absolute Gasteiger partial charge is 0.249 e. The van der Waals surface area contributed by atoms with Gasteiger partial charge in [0.1, 0.15) is 11.8 Å². The maximum Gasteiger partial charge on any atom is 0.249 e. The number of methoxy groups -OCH3 is 1. The molecule has 1 N–H and O–H groups in total. The van der Waals surface area contributed by atoms with Crippen LogP contribution < -0.4 is 15.0 Å². The third kappa shape index (κ3) is 3.64. The van der Waals surface area contributed by atoms with Crippen molar-refractivity contribution in [3.8, 4) is 5.75 Å². The van der Waals surface area contributed by atoms with Crippen LogP contribution in [-0.4, -0.2) is 25.6 Å². The number of benzene rings is 3. The van der Waals surface area contributed by atoms with E-state index in [1.807, 2.05) is 67.3 Å². The molecule has 3 rings (SSSR count). The molecule has 26 heavy (non-hydrogen) atoms. The number of nitrogens with one attached hydrogen (secondary N) is 1. The quantitative estimate of drug-likeness (QED) is 0.702. The molecule has 0 bridgehead atoms. The van der Waals surface area contributed by atoms with E-state index < -0.39 is 0 Å². The highest BCUT2D eigenvalue weighted by atomic mass is 16.5. The van der Waals surface area contributed by atoms with Crippen molar-refractivity contribution in [1.82, 2.24) is 0 Å². The molecule has 0 fully saturated rings. The first-order chi connectivity index (χ1) is 12.6. The van der Waals surface area contributed by atoms with Crippen LogP contribution in [0, 0.1) is 0 Å². The van der Waals surface area contributed by atoms with Crippen LogP contribution in [0.25, 0.3) is 10.8 Å². The molecule has 0 aliphatic rings. The summed E-state index contributed by atoms with van der Waals surface area (Å²) >= 11 is 0. The summed E-state index contributed by atoms with van der Waals surface area (Å²) in [6.07, 6.45) is 0. The van der Waals surface area contributed by atoms with Crippen LogP contribution >= 0.6 is 0 Å². The Balaban J connectivity index is 1.83. The minimum atomic E-state index is -0.345. The molecule has 0 aliphatic carbocycles. The minimum absolute atomic E-state index is 0.0414. The Kier molecular flexibility index (Phi) is 5.42. The summed E-state index contributed by atoms with van der Waals surface area (Å²) in [6, 6.07) is 21.4. The van der Waals surface area contributed by atoms with E-state index in [1.54, 1.807) is 7.11 Å². The predicted octanol–water partition coefficient (Wildman–Crippen LogP) is 4.70. The van der Waals surface area contributed by atoms with Gasteiger partial charge in [-0.3, -0.25) is 4.79 Å². The highest BCUT2D eigenvalue weighted by molar-refractivity contribution is 6.06. The lowest BCUT2D eigenvalue weighted by atomic mass is 10.1. The van der Waals surface area contributed by atoms with Gasteiger partial charge < -0.3 is 15.0 Å². The molecule has 4 nitrogen and oxygen atoms in total. The van der Waals surface area contributed by atoms with Crippen LogP contribution in [0.5, 0.6) is 5.75 Å². The van der Waals surface area contributed by atoms with E-state index in [9.17, 15) is 4.79 Å². The summed E-state index contributed by atoms with van der Waals surface area (Å²) < 4.78 is 5.17. The number of rotatable bonds is 6. The van der Waals surface area contributed by atoms with Gasteiger partial charge in [-0.05, 0) is 49.6 Å². The fourth-order valence-electron chi connectivity index (χ4n) is 3.12. The van der Waals surface area contributed by atoms with Crippen molar-refractivity contribution in [1.29, 1.82) is 0 Å². The Morgan fingerprint density at radius 2 is 1.73 bits per heavy atom. The highest BCUT2D eigenvalue weighted by Crippen LogP contribution is 2.27. The molecule has 0 aromatic heterocycles. The number of hydrogen-bond donors (Lipinski definition) is 1. The van der Waals surface area contributed by atoms with Crippen molar-refractivity contribution in [2.75, 3.05) is 23.9 Å². The van der Waals surface area contributed by atoms with Crippen LogP contribution in [0.15, 0.2) is 66.7 Å². The molecule has 1 atom stereocenters. The molecule has 0 heterocycles. The number of hydrogen-bond acceptors (Lipinski definition) is 3. The lowest BCUT2D eigenvalue weighted by Gasteiger charge is -2.26. The normalized spacial score (nSPS) is 11.8. The number of fused-ring (bicyclic) bond motifs is 1. The second kappa shape index (κ2) is 7.91. The number of anilines is 2. The fourth-order valence-corrected chi connectivity index (χ4v) is 3.12. The van der Waals surface area contributed by atoms with Crippen molar-refractivity contribution < 1.29 is 9.53 Å². The first-order valence-corrected chi connectivity index (χ1v) is 8.83. The van der Waals surface area contributed by atoms with Gasteiger partial charge in [-0.1, -0.05) is 36.4 Å². The molecule has 134 valence electrons. The van der Waals surface area contributed by atoms with Gasteiger partial charge in [0.05, 0.1) is 12.8 Å². The molecule has 4 heteroatoms. The average Bonchev–Trinajstić information content (AvgIpc) is 2.69. The summed E-state index contributed by atoms with van der Waals surface area (Å²) in [5, 5.41) is 5.50. The van der Waals surface area contributed by atoms with E-state index >= 15 is 0 Å². The van der Waals surface area contributed by atoms with Crippen molar-refractivity contribution in [3.63, 3.8) is 0 Å². The first kappa shape index (κ1) is 17.8. The minimum Gasteiger partial charge on any atom is -0.497 e. The van der Waals surface area contributed by atoms with Crippen molar-refractivity contribution in [3.05, 3.63) is 66.7 Å². The van der Waals surface area contributed by atoms with Gasteiger partial charge in [0.25, 0.3) is 0 Å². The number of nitrogens with zero attached hydrogens (tertiary/aromatic N) is 1. The Morgan fingerprint density at radius 3 is 2.42 bits per heavy atom. The molecular weight excluding hydrogens is 324 g/mol. The van der Waals surface area contributed by atoms with Crippen LogP contribution in [0.2, 0.25) is 0 Å². The van der Waals surface area contributed by atoms with Gasteiger partial charge in [0.15, 0.2) is 0 Å². The highest BCUT2D eigenvalue weighted by Gasteiger charge is 2.22. The molecule has 0 radical (unpaired) electrons. The molecule has 3 aromatic rings. The van der Waals surface area contributed by atoms with Gasteiger partial charge in [0, 0.05) is 17.6 Å². The van der Waals surface area contributed by atoms with Crippen molar-refractivity contribution in [2.45, 2.75) is 19.9 Å². The van der Waals surface area contributed by atoms with Gasteiger partial charge in [0.2, 0.25) is 5.91 Å². The van der Waals surface area contributed by atoms with Crippen LogP contribution in [0.1, 0.15) is 13.8 Å². The Hall–Kier alpha value is -3.01. The van der Waals surface area contributed by atoms with E-state index in [2.05, 4.69) is 23.5 Å². The predicted molar refractivity (Wildman–Crippen MR) is 108 cm³/mol. The fraction of sp³-hybridized carbons (Fsp3) is 0.227. The first-order valence-electron chi connectivity index (χ1n) is 8.83. The van der Waals surface area contributed by atoms with Crippen LogP contribution in [-0.2, 0) is 4.79 Å². The number of amides is 1. The maximum absolute atomic E-state index is 13.1. The molecule has 0 unspecified atom stereocenters. The van der Waals surface area contributed by atoms with Crippen LogP contribution in [0.4, 0.5) is 11.4 Å². The Labute approximate surface area is 154 Å². The molecule has 3 aromatic carbocycles. The van der Waals surface area contributed by atoms with Crippen molar-refractivity contribution in [2.24, 2.45) is 0 Å². The van der Waals surface area contributed by atoms with Crippen molar-refractivity contribution >= 4 is 28.1 Å². The Morgan fingerprint density at radius 1 is 1.04 bits per heavy atom. The zero-order valence-electron chi connectivity index (χ0n) is 15.4. The summed E-state index contributed by atoms with van der Waals surface area (Å²) in [5.41, 5.74) is 1.83. The number of carbonyl (C=O) groups excluding carboxylic acids is 1. The van der Waals surface area contributed by atoms with E-state index in [1.165, 1.54) is 0 Å². The summed E-state index contributed by atoms with van der Waals surface area (Å²) in [4.78, 5) is 14.9. The molecule has 0 spiro atoms. The molecule has 0 saturated carbocycles. The topological polar surface area (TPSA) is 41.6 Å². The molecule has 0 saturated heterocycles. The van der Waals surface area contributed by atoms with Gasteiger partial charge in [-0.15, -0.1) is 0 Å². The van der Waals surface area contributed by atoms with E-state index in [-0.39, 0.29) is 11.9 Å². The van der Waals surface area contributed by atoms with Gasteiger partial charge >= 0.3 is 0 Å². The standard InChI is InChI=1S/C22H24N2O2/c1-4-24(21-11-7-9-17-8-5-6-10-20(17)21)22(25)16(2)23-18-12-14-19(26-3)15-13-18/h5-16,23H,4H2,1-3H3/t16-/m0/s1. The molecule has 1 amide bonds. The Bertz CT molecular complexity index is 885. The van der Waals surface area contributed by atoms with Gasteiger partial charge in [-0.25, -0.2) is 0 Å². The third-order valence-electron chi connectivity index (χ3n) is 4.48. The van der Waals surface area contributed by atoms with E-state index in [0.29, 0.717) is 6.54 Å². The second-order valence-corrected chi connectivity index (χ2v) is 6.18. The summed E-state index contributed by atoms with van der Waals surface area (Å²) in [6.45, 7) is 4.50. The SMILES string of the molecule is CCN(C(=O)[C@H](C)Nc1ccc(OC)cc1)c1cccc2ccccc12. The monoisotopic (exact) mass is 348 g/mol.